The Labute approximate surface area is 304 Å². The Morgan fingerprint density at radius 2 is 1.63 bits per heavy atom. The maximum Gasteiger partial charge on any atom is 0.326 e. The average molecular weight is 716 g/mol. The molecule has 0 aliphatic carbocycles. The number of nitrogens with one attached hydrogen (secondary N) is 2. The van der Waals surface area contributed by atoms with Crippen LogP contribution in [0.25, 0.3) is 0 Å². The molecule has 0 aromatic heterocycles. The molecular weight excluding hydrogens is 654 g/mol. The summed E-state index contributed by atoms with van der Waals surface area (Å²) in [6.45, 7) is 13.7. The molecule has 286 valence electrons. The van der Waals surface area contributed by atoms with E-state index in [1.807, 2.05) is 64.9 Å². The summed E-state index contributed by atoms with van der Waals surface area (Å²) < 4.78 is 11.7. The number of carbonyl (C=O) groups excluding carboxylic acids is 4. The van der Waals surface area contributed by atoms with E-state index in [1.54, 1.807) is 35.9 Å². The van der Waals surface area contributed by atoms with Crippen molar-refractivity contribution in [2.45, 2.75) is 96.7 Å². The molecule has 1 aliphatic rings. The molecular formula is C38H61N5O8. The van der Waals surface area contributed by atoms with Gasteiger partial charge in [-0.3, -0.25) is 24.1 Å². The number of likely N-dealkylation sites (tertiary alicyclic amines) is 1. The minimum atomic E-state index is -1.15. The van der Waals surface area contributed by atoms with Crippen molar-refractivity contribution in [1.82, 2.24) is 25.3 Å². The first-order chi connectivity index (χ1) is 24.0. The van der Waals surface area contributed by atoms with Crippen LogP contribution in [-0.4, -0.2) is 134 Å². The van der Waals surface area contributed by atoms with Gasteiger partial charge < -0.3 is 35.0 Å². The van der Waals surface area contributed by atoms with Crippen LogP contribution in [-0.2, 0) is 39.9 Å². The van der Waals surface area contributed by atoms with Gasteiger partial charge in [0, 0.05) is 34.2 Å². The lowest BCUT2D eigenvalue weighted by Crippen LogP contribution is -2.55. The van der Waals surface area contributed by atoms with E-state index < -0.39 is 54.2 Å². The van der Waals surface area contributed by atoms with Crippen LogP contribution in [0.4, 0.5) is 0 Å². The summed E-state index contributed by atoms with van der Waals surface area (Å²) in [5.74, 6) is -3.24. The summed E-state index contributed by atoms with van der Waals surface area (Å²) in [6.07, 6.45) is -0.247. The van der Waals surface area contributed by atoms with Crippen molar-refractivity contribution in [3.05, 3.63) is 48.0 Å². The third-order valence-electron chi connectivity index (χ3n) is 10.1. The summed E-state index contributed by atoms with van der Waals surface area (Å²) in [4.78, 5) is 71.0. The number of ether oxygens (including phenoxy) is 2. The Bertz CT molecular complexity index is 1330. The predicted molar refractivity (Wildman–Crippen MR) is 196 cm³/mol. The highest BCUT2D eigenvalue weighted by molar-refractivity contribution is 5.88. The van der Waals surface area contributed by atoms with Crippen LogP contribution < -0.4 is 10.6 Å². The van der Waals surface area contributed by atoms with Crippen LogP contribution >= 0.6 is 0 Å². The number of carboxylic acids is 1. The first kappa shape index (κ1) is 43.4. The summed E-state index contributed by atoms with van der Waals surface area (Å²) in [5.41, 5.74) is 1.57. The molecule has 8 atom stereocenters. The molecule has 0 radical (unpaired) electrons. The predicted octanol–water partition coefficient (Wildman–Crippen LogP) is 2.59. The molecule has 51 heavy (non-hydrogen) atoms. The van der Waals surface area contributed by atoms with Gasteiger partial charge >= 0.3 is 5.97 Å². The summed E-state index contributed by atoms with van der Waals surface area (Å²) in [7, 11) is 8.29. The number of methoxy groups -OCH3 is 2. The van der Waals surface area contributed by atoms with E-state index >= 15 is 0 Å². The van der Waals surface area contributed by atoms with Crippen LogP contribution in [0.3, 0.4) is 0 Å². The number of hydrogen-bond acceptors (Lipinski definition) is 8. The fourth-order valence-corrected chi connectivity index (χ4v) is 7.16. The number of amides is 4. The third kappa shape index (κ3) is 11.9. The van der Waals surface area contributed by atoms with Gasteiger partial charge in [-0.1, -0.05) is 83.5 Å². The fraction of sp³-hybridized carbons (Fsp3) is 0.658. The second kappa shape index (κ2) is 20.3. The molecule has 0 saturated carbocycles. The van der Waals surface area contributed by atoms with E-state index in [1.165, 1.54) is 14.2 Å². The zero-order chi connectivity index (χ0) is 38.6. The minimum Gasteiger partial charge on any atom is -0.480 e. The monoisotopic (exact) mass is 715 g/mol. The number of benzene rings is 1. The molecule has 1 heterocycles. The van der Waals surface area contributed by atoms with Crippen molar-refractivity contribution in [3.8, 4) is 0 Å². The molecule has 1 fully saturated rings. The Kier molecular flexibility index (Phi) is 17.2. The maximum absolute atomic E-state index is 14.1. The number of carboxylic acid groups (broad SMARTS) is 1. The Morgan fingerprint density at radius 3 is 2.14 bits per heavy atom. The summed E-state index contributed by atoms with van der Waals surface area (Å²) >= 11 is 0. The van der Waals surface area contributed by atoms with Gasteiger partial charge in [0.15, 0.2) is 0 Å². The van der Waals surface area contributed by atoms with Crippen LogP contribution in [0.2, 0.25) is 0 Å². The van der Waals surface area contributed by atoms with E-state index in [2.05, 4.69) is 17.2 Å². The lowest BCUT2D eigenvalue weighted by molar-refractivity contribution is -0.147. The largest absolute Gasteiger partial charge is 0.480 e. The molecule has 0 spiro atoms. The van der Waals surface area contributed by atoms with Gasteiger partial charge in [-0.2, -0.15) is 0 Å². The quantitative estimate of drug-likeness (QED) is 0.173. The Hall–Kier alpha value is -3.81. The first-order valence-electron chi connectivity index (χ1n) is 17.8. The Balaban J connectivity index is 2.22. The molecule has 2 rings (SSSR count). The van der Waals surface area contributed by atoms with Crippen LogP contribution in [0.1, 0.15) is 59.4 Å². The maximum atomic E-state index is 14.1. The molecule has 1 aliphatic heterocycles. The van der Waals surface area contributed by atoms with Crippen molar-refractivity contribution < 1.29 is 38.6 Å². The molecule has 1 aromatic rings. The highest BCUT2D eigenvalue weighted by atomic mass is 16.5. The SMILES string of the molecule is C=C1C[C@@H]([C@H](OC)[C@@H](C)C(=O)N[C@@H](Cc2ccccc2)C(=O)O)N(C(=O)C[C@@H](OC)[C@H]([C@@H](C)CC)N(C)C(=O)CNC(=O)[C@H](C(C)C)N(C)C)C1. The van der Waals surface area contributed by atoms with Crippen molar-refractivity contribution in [3.63, 3.8) is 0 Å². The van der Waals surface area contributed by atoms with Crippen LogP contribution in [0.5, 0.6) is 0 Å². The van der Waals surface area contributed by atoms with Gasteiger partial charge in [-0.15, -0.1) is 0 Å². The first-order valence-corrected chi connectivity index (χ1v) is 17.8. The molecule has 1 saturated heterocycles. The topological polar surface area (TPSA) is 158 Å². The van der Waals surface area contributed by atoms with Crippen LogP contribution in [0, 0.1) is 17.8 Å². The summed E-state index contributed by atoms with van der Waals surface area (Å²) in [5, 5.41) is 15.3. The molecule has 1 aromatic carbocycles. The summed E-state index contributed by atoms with van der Waals surface area (Å²) in [6, 6.07) is 6.50. The fourth-order valence-electron chi connectivity index (χ4n) is 7.16. The average Bonchev–Trinajstić information content (AvgIpc) is 3.47. The zero-order valence-electron chi connectivity index (χ0n) is 32.2. The van der Waals surface area contributed by atoms with Gasteiger partial charge in [0.05, 0.1) is 49.2 Å². The lowest BCUT2D eigenvalue weighted by atomic mass is 9.90. The molecule has 0 bridgehead atoms. The number of carbonyl (C=O) groups is 5. The number of aliphatic carboxylic acids is 1. The second-order valence-electron chi connectivity index (χ2n) is 14.4. The van der Waals surface area contributed by atoms with Gasteiger partial charge in [0.2, 0.25) is 23.6 Å². The van der Waals surface area contributed by atoms with Crippen molar-refractivity contribution >= 4 is 29.6 Å². The van der Waals surface area contributed by atoms with Gasteiger partial charge in [-0.05, 0) is 37.9 Å². The lowest BCUT2D eigenvalue weighted by Gasteiger charge is -2.39. The minimum absolute atomic E-state index is 0.0459. The van der Waals surface area contributed by atoms with E-state index in [0.717, 1.165) is 11.1 Å². The number of nitrogens with zero attached hydrogens (tertiary/aromatic N) is 3. The van der Waals surface area contributed by atoms with Crippen molar-refractivity contribution in [1.29, 1.82) is 0 Å². The van der Waals surface area contributed by atoms with E-state index in [4.69, 9.17) is 9.47 Å². The van der Waals surface area contributed by atoms with Gasteiger partial charge in [0.1, 0.15) is 6.04 Å². The second-order valence-corrected chi connectivity index (χ2v) is 14.4. The zero-order valence-corrected chi connectivity index (χ0v) is 32.2. The standard InChI is InChI=1S/C38H61N5O8/c1-12-25(5)34(42(9)32(45)21-39-37(47)33(23(2)3)41(7)8)30(50-10)20-31(44)43-22-24(4)18-29(43)35(51-11)26(6)36(46)40-28(38(48)49)19-27-16-14-13-15-17-27/h13-17,23,25-26,28-30,33-35H,4,12,18-22H2,1-3,5-11H3,(H,39,47)(H,40,46)(H,48,49)/t25-,26+,28-,29-,30+,33-,34-,35+/m0/s1. The van der Waals surface area contributed by atoms with Gasteiger partial charge in [-0.25, -0.2) is 4.79 Å². The highest BCUT2D eigenvalue weighted by Gasteiger charge is 2.43. The van der Waals surface area contributed by atoms with E-state index in [-0.39, 0.29) is 55.5 Å². The highest BCUT2D eigenvalue weighted by Crippen LogP contribution is 2.31. The van der Waals surface area contributed by atoms with E-state index in [0.29, 0.717) is 12.8 Å². The van der Waals surface area contributed by atoms with Crippen LogP contribution in [0.15, 0.2) is 42.5 Å². The third-order valence-corrected chi connectivity index (χ3v) is 10.1. The van der Waals surface area contributed by atoms with Gasteiger partial charge in [0.25, 0.3) is 0 Å². The molecule has 13 nitrogen and oxygen atoms in total. The molecule has 13 heteroatoms. The number of rotatable bonds is 20. The smallest absolute Gasteiger partial charge is 0.326 e. The number of hydrogen-bond donors (Lipinski definition) is 3. The van der Waals surface area contributed by atoms with E-state index in [9.17, 15) is 29.1 Å². The number of likely N-dealkylation sites (N-methyl/N-ethyl adjacent to an activating group) is 2. The molecule has 3 N–H and O–H groups in total. The molecule has 0 unspecified atom stereocenters. The normalized spacial score (nSPS) is 18.8. The van der Waals surface area contributed by atoms with Crippen molar-refractivity contribution in [2.75, 3.05) is 48.5 Å². The van der Waals surface area contributed by atoms with Crippen molar-refractivity contribution in [2.24, 2.45) is 17.8 Å². The molecule has 4 amide bonds. The Morgan fingerprint density at radius 1 is 1.00 bits per heavy atom.